The fourth-order valence-corrected chi connectivity index (χ4v) is 4.31. The summed E-state index contributed by atoms with van der Waals surface area (Å²) < 4.78 is 14.3. The summed E-state index contributed by atoms with van der Waals surface area (Å²) >= 11 is 0. The quantitative estimate of drug-likeness (QED) is 0.680. The van der Waals surface area contributed by atoms with Crippen LogP contribution in [0.3, 0.4) is 0 Å². The molecular weight excluding hydrogens is 360 g/mol. The molecule has 4 rings (SSSR count). The van der Waals surface area contributed by atoms with E-state index in [-0.39, 0.29) is 5.56 Å². The van der Waals surface area contributed by atoms with Crippen molar-refractivity contribution in [2.45, 2.75) is 17.9 Å². The number of hydrogen-bond acceptors (Lipinski definition) is 5. The monoisotopic (exact) mass is 380 g/mol. The van der Waals surface area contributed by atoms with Crippen LogP contribution in [0.5, 0.6) is 0 Å². The van der Waals surface area contributed by atoms with E-state index in [1.54, 1.807) is 23.0 Å². The molecule has 138 valence electrons. The van der Waals surface area contributed by atoms with Crippen molar-refractivity contribution in [3.8, 4) is 11.3 Å². The van der Waals surface area contributed by atoms with Gasteiger partial charge in [0.1, 0.15) is 0 Å². The molecule has 6 nitrogen and oxygen atoms in total. The van der Waals surface area contributed by atoms with E-state index < -0.39 is 10.8 Å². The lowest BCUT2D eigenvalue weighted by Crippen LogP contribution is -2.40. The molecule has 3 aromatic rings. The van der Waals surface area contributed by atoms with Gasteiger partial charge in [0, 0.05) is 54.3 Å². The minimum Gasteiger partial charge on any atom is -0.341 e. The molecule has 1 aliphatic heterocycles. The van der Waals surface area contributed by atoms with Crippen LogP contribution in [0.25, 0.3) is 11.3 Å². The van der Waals surface area contributed by atoms with Crippen molar-refractivity contribution in [3.05, 3.63) is 71.3 Å². The van der Waals surface area contributed by atoms with Crippen molar-refractivity contribution in [2.24, 2.45) is 0 Å². The molecule has 27 heavy (non-hydrogen) atoms. The number of pyridine rings is 1. The highest BCUT2D eigenvalue weighted by Crippen LogP contribution is 2.21. The van der Waals surface area contributed by atoms with E-state index in [0.29, 0.717) is 30.5 Å². The molecule has 1 aromatic carbocycles. The van der Waals surface area contributed by atoms with Gasteiger partial charge in [0.25, 0.3) is 5.56 Å². The molecule has 7 heteroatoms. The van der Waals surface area contributed by atoms with E-state index in [0.717, 1.165) is 23.4 Å². The van der Waals surface area contributed by atoms with Gasteiger partial charge in [-0.2, -0.15) is 0 Å². The van der Waals surface area contributed by atoms with E-state index in [1.165, 1.54) is 0 Å². The second-order valence-electron chi connectivity index (χ2n) is 6.37. The molecule has 1 aliphatic rings. The number of hydrogen-bond donors (Lipinski definition) is 0. The minimum atomic E-state index is -1.07. The zero-order valence-corrected chi connectivity index (χ0v) is 15.6. The van der Waals surface area contributed by atoms with Crippen molar-refractivity contribution >= 4 is 16.7 Å². The van der Waals surface area contributed by atoms with E-state index in [1.807, 2.05) is 42.5 Å². The molecule has 0 N–H and O–H groups in total. The first kappa shape index (κ1) is 17.6. The molecule has 0 bridgehead atoms. The Morgan fingerprint density at radius 3 is 2.59 bits per heavy atom. The summed E-state index contributed by atoms with van der Waals surface area (Å²) in [5, 5.41) is 0. The summed E-state index contributed by atoms with van der Waals surface area (Å²) in [7, 11) is -1.07. The van der Waals surface area contributed by atoms with Crippen molar-refractivity contribution in [1.29, 1.82) is 0 Å². The number of anilines is 1. The highest BCUT2D eigenvalue weighted by atomic mass is 32.2. The molecule has 0 aliphatic carbocycles. The van der Waals surface area contributed by atoms with Crippen LogP contribution in [0.4, 0.5) is 5.95 Å². The largest absolute Gasteiger partial charge is 0.341 e. The lowest BCUT2D eigenvalue weighted by atomic mass is 10.2. The Bertz CT molecular complexity index is 1010. The van der Waals surface area contributed by atoms with E-state index in [9.17, 15) is 9.00 Å². The molecular formula is C20H20N4O2S. The molecule has 0 fully saturated rings. The Labute approximate surface area is 160 Å². The number of fused-ring (bicyclic) bond motifs is 1. The number of nitrogens with zero attached hydrogens (tertiary/aromatic N) is 4. The van der Waals surface area contributed by atoms with Crippen LogP contribution in [0.2, 0.25) is 0 Å². The van der Waals surface area contributed by atoms with Gasteiger partial charge < -0.3 is 4.90 Å². The first-order chi connectivity index (χ1) is 13.2. The van der Waals surface area contributed by atoms with Crippen molar-refractivity contribution < 1.29 is 4.21 Å². The van der Waals surface area contributed by atoms with Crippen LogP contribution in [0.1, 0.15) is 6.42 Å². The average Bonchev–Trinajstić information content (AvgIpc) is 2.73. The Morgan fingerprint density at radius 2 is 1.81 bits per heavy atom. The summed E-state index contributed by atoms with van der Waals surface area (Å²) in [6.07, 6.45) is 4.25. The van der Waals surface area contributed by atoms with Gasteiger partial charge >= 0.3 is 0 Å². The molecule has 0 saturated carbocycles. The molecule has 0 saturated heterocycles. The van der Waals surface area contributed by atoms with Gasteiger partial charge in [-0.15, -0.1) is 0 Å². The van der Waals surface area contributed by atoms with Crippen LogP contribution < -0.4 is 10.5 Å². The first-order valence-corrected chi connectivity index (χ1v) is 10.2. The summed E-state index contributed by atoms with van der Waals surface area (Å²) in [6.45, 7) is 2.06. The Kier molecular flexibility index (Phi) is 5.11. The highest BCUT2D eigenvalue weighted by molar-refractivity contribution is 7.85. The van der Waals surface area contributed by atoms with Crippen LogP contribution in [0.15, 0.2) is 70.6 Å². The molecule has 0 amide bonds. The Morgan fingerprint density at radius 1 is 1.04 bits per heavy atom. The molecule has 2 aromatic heterocycles. The fourth-order valence-electron chi connectivity index (χ4n) is 3.23. The molecule has 1 atom stereocenters. The Hall–Kier alpha value is -2.80. The van der Waals surface area contributed by atoms with Gasteiger partial charge in [0.05, 0.1) is 16.5 Å². The van der Waals surface area contributed by atoms with Crippen LogP contribution >= 0.6 is 0 Å². The van der Waals surface area contributed by atoms with Crippen LogP contribution in [-0.4, -0.2) is 37.6 Å². The maximum atomic E-state index is 12.6. The van der Waals surface area contributed by atoms with Gasteiger partial charge in [0.2, 0.25) is 5.95 Å². The summed E-state index contributed by atoms with van der Waals surface area (Å²) in [4.78, 5) is 24.2. The summed E-state index contributed by atoms with van der Waals surface area (Å²) in [6, 6.07) is 14.7. The van der Waals surface area contributed by atoms with Crippen molar-refractivity contribution in [2.75, 3.05) is 23.7 Å². The second-order valence-corrected chi connectivity index (χ2v) is 7.94. The third-order valence-corrected chi connectivity index (χ3v) is 5.96. The Balaban J connectivity index is 1.59. The van der Waals surface area contributed by atoms with Gasteiger partial charge in [0.15, 0.2) is 0 Å². The van der Waals surface area contributed by atoms with Gasteiger partial charge in [-0.1, -0.05) is 18.2 Å². The predicted octanol–water partition coefficient (Wildman–Crippen LogP) is 2.32. The lowest BCUT2D eigenvalue weighted by molar-refractivity contribution is 0.538. The van der Waals surface area contributed by atoms with Crippen molar-refractivity contribution in [1.82, 2.24) is 14.5 Å². The highest BCUT2D eigenvalue weighted by Gasteiger charge is 2.21. The maximum absolute atomic E-state index is 12.6. The zero-order valence-electron chi connectivity index (χ0n) is 14.8. The first-order valence-electron chi connectivity index (χ1n) is 8.93. The second kappa shape index (κ2) is 7.84. The van der Waals surface area contributed by atoms with Crippen LogP contribution in [0, 0.1) is 0 Å². The van der Waals surface area contributed by atoms with E-state index in [2.05, 4.69) is 9.88 Å². The van der Waals surface area contributed by atoms with Gasteiger partial charge in [-0.05, 0) is 30.7 Å². The summed E-state index contributed by atoms with van der Waals surface area (Å²) in [5.74, 6) is 1.16. The SMILES string of the molecule is O=c1cc(-c2ccncc2)nc2n1CCCN2CCS(=O)c1ccccc1. The normalized spacial score (nSPS) is 14.6. The van der Waals surface area contributed by atoms with Crippen molar-refractivity contribution in [3.63, 3.8) is 0 Å². The van der Waals surface area contributed by atoms with E-state index >= 15 is 0 Å². The maximum Gasteiger partial charge on any atom is 0.255 e. The molecule has 0 radical (unpaired) electrons. The van der Waals surface area contributed by atoms with E-state index in [4.69, 9.17) is 4.98 Å². The standard InChI is InChI=1S/C20H20N4O2S/c25-19-15-18(16-7-9-21-10-8-16)22-20-23(11-4-12-24(19)20)13-14-27(26)17-5-2-1-3-6-17/h1-3,5-10,15H,4,11-14H2. The number of rotatable bonds is 5. The number of benzene rings is 1. The lowest BCUT2D eigenvalue weighted by Gasteiger charge is -2.30. The molecule has 3 heterocycles. The fraction of sp³-hybridized carbons (Fsp3) is 0.250. The minimum absolute atomic E-state index is 0.0549. The topological polar surface area (TPSA) is 68.1 Å². The zero-order chi connectivity index (χ0) is 18.6. The van der Waals surface area contributed by atoms with Crippen LogP contribution in [-0.2, 0) is 17.3 Å². The third kappa shape index (κ3) is 3.83. The van der Waals surface area contributed by atoms with Gasteiger partial charge in [-0.3, -0.25) is 18.6 Å². The molecule has 0 spiro atoms. The third-order valence-electron chi connectivity index (χ3n) is 4.61. The number of aromatic nitrogens is 3. The van der Waals surface area contributed by atoms with Gasteiger partial charge in [-0.25, -0.2) is 4.98 Å². The predicted molar refractivity (Wildman–Crippen MR) is 106 cm³/mol. The summed E-state index contributed by atoms with van der Waals surface area (Å²) in [5.41, 5.74) is 1.45. The molecule has 1 unspecified atom stereocenters. The smallest absolute Gasteiger partial charge is 0.255 e. The average molecular weight is 380 g/mol.